The molecule has 1 aromatic carbocycles. The van der Waals surface area contributed by atoms with Gasteiger partial charge in [-0.3, -0.25) is 4.79 Å². The van der Waals surface area contributed by atoms with Crippen molar-refractivity contribution in [1.82, 2.24) is 20.4 Å². The van der Waals surface area contributed by atoms with Crippen molar-refractivity contribution < 1.29 is 4.79 Å². The standard InChI is InChI=1S/C18H24N4O.ClH/c1-12(15-9-19-10-15)18(23)20-11-17-13(2)21-22(14(17)3)16-7-5-4-6-8-16;/h4-8,12,15,19H,9-11H2,1-3H3,(H,20,23);1H. The molecule has 0 aliphatic carbocycles. The fourth-order valence-electron chi connectivity index (χ4n) is 2.97. The van der Waals surface area contributed by atoms with Gasteiger partial charge in [-0.25, -0.2) is 4.68 Å². The molecule has 1 fully saturated rings. The number of benzene rings is 1. The molecule has 6 heteroatoms. The summed E-state index contributed by atoms with van der Waals surface area (Å²) in [7, 11) is 0. The van der Waals surface area contributed by atoms with E-state index in [4.69, 9.17) is 0 Å². The van der Waals surface area contributed by atoms with E-state index in [2.05, 4.69) is 15.7 Å². The molecule has 2 aromatic rings. The number of carbonyl (C=O) groups excluding carboxylic acids is 1. The quantitative estimate of drug-likeness (QED) is 0.872. The van der Waals surface area contributed by atoms with Crippen molar-refractivity contribution in [3.05, 3.63) is 47.3 Å². The summed E-state index contributed by atoms with van der Waals surface area (Å²) in [6, 6.07) is 10.1. The van der Waals surface area contributed by atoms with Gasteiger partial charge in [0.2, 0.25) is 5.91 Å². The second-order valence-electron chi connectivity index (χ2n) is 6.32. The number of aryl methyl sites for hydroxylation is 1. The van der Waals surface area contributed by atoms with Crippen molar-refractivity contribution in [2.75, 3.05) is 13.1 Å². The lowest BCUT2D eigenvalue weighted by Crippen LogP contribution is -2.49. The van der Waals surface area contributed by atoms with E-state index in [-0.39, 0.29) is 24.2 Å². The van der Waals surface area contributed by atoms with E-state index < -0.39 is 0 Å². The number of rotatable bonds is 5. The van der Waals surface area contributed by atoms with Gasteiger partial charge in [-0.05, 0) is 45.0 Å². The van der Waals surface area contributed by atoms with Crippen LogP contribution in [0.4, 0.5) is 0 Å². The first-order valence-corrected chi connectivity index (χ1v) is 8.17. The molecule has 1 amide bonds. The molecule has 1 aliphatic heterocycles. The van der Waals surface area contributed by atoms with Crippen molar-refractivity contribution in [2.24, 2.45) is 11.8 Å². The summed E-state index contributed by atoms with van der Waals surface area (Å²) in [6.45, 7) is 8.47. The van der Waals surface area contributed by atoms with Gasteiger partial charge in [-0.15, -0.1) is 12.4 Å². The minimum absolute atomic E-state index is 0. The second-order valence-corrected chi connectivity index (χ2v) is 6.32. The Labute approximate surface area is 149 Å². The van der Waals surface area contributed by atoms with Crippen LogP contribution in [-0.2, 0) is 11.3 Å². The van der Waals surface area contributed by atoms with E-state index in [9.17, 15) is 4.79 Å². The molecule has 3 rings (SSSR count). The van der Waals surface area contributed by atoms with E-state index in [1.807, 2.05) is 55.8 Å². The minimum atomic E-state index is 0. The molecule has 1 atom stereocenters. The van der Waals surface area contributed by atoms with E-state index >= 15 is 0 Å². The van der Waals surface area contributed by atoms with Crippen molar-refractivity contribution in [3.8, 4) is 5.69 Å². The fraction of sp³-hybridized carbons (Fsp3) is 0.444. The maximum atomic E-state index is 12.3. The maximum absolute atomic E-state index is 12.3. The van der Waals surface area contributed by atoms with Gasteiger partial charge in [-0.1, -0.05) is 25.1 Å². The number of hydrogen-bond donors (Lipinski definition) is 2. The number of aromatic nitrogens is 2. The highest BCUT2D eigenvalue weighted by molar-refractivity contribution is 5.85. The van der Waals surface area contributed by atoms with Gasteiger partial charge in [0.1, 0.15) is 0 Å². The first kappa shape index (κ1) is 18.5. The number of hydrogen-bond acceptors (Lipinski definition) is 3. The Morgan fingerprint density at radius 3 is 2.58 bits per heavy atom. The number of nitrogens with zero attached hydrogens (tertiary/aromatic N) is 2. The minimum Gasteiger partial charge on any atom is -0.352 e. The van der Waals surface area contributed by atoms with Crippen LogP contribution in [0.5, 0.6) is 0 Å². The Hall–Kier alpha value is -1.85. The lowest BCUT2D eigenvalue weighted by Gasteiger charge is -2.31. The SMILES string of the molecule is Cc1nn(-c2ccccc2)c(C)c1CNC(=O)C(C)C1CNC1.Cl. The van der Waals surface area contributed by atoms with Gasteiger partial charge in [0.25, 0.3) is 0 Å². The number of halogens is 1. The van der Waals surface area contributed by atoms with Crippen molar-refractivity contribution in [2.45, 2.75) is 27.3 Å². The van der Waals surface area contributed by atoms with E-state index in [0.717, 1.165) is 35.7 Å². The number of carbonyl (C=O) groups is 1. The average Bonchev–Trinajstić information content (AvgIpc) is 2.79. The van der Waals surface area contributed by atoms with Gasteiger partial charge >= 0.3 is 0 Å². The van der Waals surface area contributed by atoms with Gasteiger partial charge in [0.15, 0.2) is 0 Å². The van der Waals surface area contributed by atoms with Gasteiger partial charge in [-0.2, -0.15) is 5.10 Å². The Morgan fingerprint density at radius 2 is 2.00 bits per heavy atom. The number of amides is 1. The van der Waals surface area contributed by atoms with Crippen LogP contribution in [0.1, 0.15) is 23.9 Å². The molecule has 1 saturated heterocycles. The molecule has 1 aliphatic rings. The Morgan fingerprint density at radius 1 is 1.33 bits per heavy atom. The first-order valence-electron chi connectivity index (χ1n) is 8.17. The molecular weight excluding hydrogens is 324 g/mol. The molecule has 0 bridgehead atoms. The van der Waals surface area contributed by atoms with Crippen LogP contribution in [0, 0.1) is 25.7 Å². The van der Waals surface area contributed by atoms with Gasteiger partial charge in [0, 0.05) is 23.7 Å². The van der Waals surface area contributed by atoms with Crippen LogP contribution in [-0.4, -0.2) is 28.8 Å². The molecule has 0 radical (unpaired) electrons. The van der Waals surface area contributed by atoms with Gasteiger partial charge < -0.3 is 10.6 Å². The highest BCUT2D eigenvalue weighted by Gasteiger charge is 2.28. The summed E-state index contributed by atoms with van der Waals surface area (Å²) in [5.41, 5.74) is 4.18. The third-order valence-electron chi connectivity index (χ3n) is 4.82. The molecule has 24 heavy (non-hydrogen) atoms. The van der Waals surface area contributed by atoms with Crippen LogP contribution in [0.3, 0.4) is 0 Å². The van der Waals surface area contributed by atoms with Crippen LogP contribution >= 0.6 is 12.4 Å². The zero-order valence-corrected chi connectivity index (χ0v) is 15.2. The monoisotopic (exact) mass is 348 g/mol. The van der Waals surface area contributed by atoms with Gasteiger partial charge in [0.05, 0.1) is 11.4 Å². The Bertz CT molecular complexity index is 695. The highest BCUT2D eigenvalue weighted by atomic mass is 35.5. The Balaban J connectivity index is 0.00000208. The van der Waals surface area contributed by atoms with E-state index in [1.54, 1.807) is 0 Å². The predicted octanol–water partition coefficient (Wildman–Crippen LogP) is 2.38. The van der Waals surface area contributed by atoms with Crippen molar-refractivity contribution in [3.63, 3.8) is 0 Å². The molecular formula is C18H25ClN4O. The van der Waals surface area contributed by atoms with Crippen molar-refractivity contribution in [1.29, 1.82) is 0 Å². The number of nitrogens with one attached hydrogen (secondary N) is 2. The summed E-state index contributed by atoms with van der Waals surface area (Å²) in [4.78, 5) is 12.3. The third-order valence-corrected chi connectivity index (χ3v) is 4.82. The summed E-state index contributed by atoms with van der Waals surface area (Å²) >= 11 is 0. The summed E-state index contributed by atoms with van der Waals surface area (Å²) < 4.78 is 1.94. The molecule has 0 saturated carbocycles. The third kappa shape index (κ3) is 3.62. The molecule has 2 N–H and O–H groups in total. The maximum Gasteiger partial charge on any atom is 0.223 e. The first-order chi connectivity index (χ1) is 11.1. The summed E-state index contributed by atoms with van der Waals surface area (Å²) in [5.74, 6) is 0.646. The highest BCUT2D eigenvalue weighted by Crippen LogP contribution is 2.19. The molecule has 2 heterocycles. The smallest absolute Gasteiger partial charge is 0.223 e. The largest absolute Gasteiger partial charge is 0.352 e. The molecule has 1 unspecified atom stereocenters. The topological polar surface area (TPSA) is 59.0 Å². The van der Waals surface area contributed by atoms with E-state index in [1.165, 1.54) is 0 Å². The van der Waals surface area contributed by atoms with E-state index in [0.29, 0.717) is 12.5 Å². The molecule has 5 nitrogen and oxygen atoms in total. The van der Waals surface area contributed by atoms with Crippen LogP contribution in [0.2, 0.25) is 0 Å². The second kappa shape index (κ2) is 7.81. The number of para-hydroxylation sites is 1. The fourth-order valence-corrected chi connectivity index (χ4v) is 2.97. The summed E-state index contributed by atoms with van der Waals surface area (Å²) in [6.07, 6.45) is 0. The molecule has 130 valence electrons. The lowest BCUT2D eigenvalue weighted by atomic mass is 9.88. The summed E-state index contributed by atoms with van der Waals surface area (Å²) in [5, 5.41) is 10.9. The van der Waals surface area contributed by atoms with Crippen LogP contribution < -0.4 is 10.6 Å². The molecule has 1 aromatic heterocycles. The van der Waals surface area contributed by atoms with Crippen LogP contribution in [0.15, 0.2) is 30.3 Å². The zero-order chi connectivity index (χ0) is 16.4. The lowest BCUT2D eigenvalue weighted by molar-refractivity contribution is -0.126. The normalized spacial score (nSPS) is 15.3. The van der Waals surface area contributed by atoms with Crippen molar-refractivity contribution >= 4 is 18.3 Å². The Kier molecular flexibility index (Phi) is 6.02. The zero-order valence-electron chi connectivity index (χ0n) is 14.4. The van der Waals surface area contributed by atoms with Crippen LogP contribution in [0.25, 0.3) is 5.69 Å². The molecule has 0 spiro atoms. The predicted molar refractivity (Wildman–Crippen MR) is 97.7 cm³/mol. The average molecular weight is 349 g/mol.